The van der Waals surface area contributed by atoms with E-state index < -0.39 is 25.6 Å². The fourth-order valence-electron chi connectivity index (χ4n) is 4.16. The monoisotopic (exact) mass is 471 g/mol. The van der Waals surface area contributed by atoms with Gasteiger partial charge in [-0.2, -0.15) is 4.31 Å². The third-order valence-corrected chi connectivity index (χ3v) is 9.69. The Hall–Kier alpha value is -2.18. The molecule has 2 aliphatic heterocycles. The molecule has 1 aromatic carbocycles. The third-order valence-electron chi connectivity index (χ3n) is 6.04. The molecule has 2 aromatic rings. The highest BCUT2D eigenvalue weighted by Gasteiger charge is 2.33. The van der Waals surface area contributed by atoms with Gasteiger partial charge in [0.15, 0.2) is 15.4 Å². The van der Waals surface area contributed by atoms with Crippen LogP contribution in [-0.4, -0.2) is 74.2 Å². The molecule has 12 heteroatoms. The van der Waals surface area contributed by atoms with Crippen molar-refractivity contribution in [3.05, 3.63) is 28.7 Å². The van der Waals surface area contributed by atoms with Crippen LogP contribution in [0.4, 0.5) is 0 Å². The van der Waals surface area contributed by atoms with Gasteiger partial charge in [-0.15, -0.1) is 0 Å². The van der Waals surface area contributed by atoms with Crippen molar-refractivity contribution in [2.45, 2.75) is 43.2 Å². The Morgan fingerprint density at radius 2 is 1.97 bits per heavy atom. The van der Waals surface area contributed by atoms with Crippen molar-refractivity contribution in [2.75, 3.05) is 31.6 Å². The van der Waals surface area contributed by atoms with Gasteiger partial charge in [0.2, 0.25) is 15.9 Å². The van der Waals surface area contributed by atoms with Crippen molar-refractivity contribution >= 4 is 36.9 Å². The average Bonchev–Trinajstić information content (AvgIpc) is 3.44. The van der Waals surface area contributed by atoms with E-state index in [9.17, 15) is 26.4 Å². The Morgan fingerprint density at radius 3 is 2.61 bits per heavy atom. The summed E-state index contributed by atoms with van der Waals surface area (Å²) in [5.41, 5.74) is 0.553. The summed E-state index contributed by atoms with van der Waals surface area (Å²) in [7, 11) is -5.18. The van der Waals surface area contributed by atoms with Crippen molar-refractivity contribution < 1.29 is 26.0 Å². The molecule has 1 amide bonds. The number of aromatic nitrogens is 1. The molecule has 0 saturated carbocycles. The predicted molar refractivity (Wildman–Crippen MR) is 113 cm³/mol. The SMILES string of the molecule is CN(C(=O)CCn1c(=O)oc2cc(S(=O)(=O)N3CCCC3)ccc21)[C@@H]1CCS(=O)(=O)C1. The van der Waals surface area contributed by atoms with Gasteiger partial charge in [-0.05, 0) is 31.4 Å². The maximum Gasteiger partial charge on any atom is 0.419 e. The van der Waals surface area contributed by atoms with Crippen LogP contribution >= 0.6 is 0 Å². The van der Waals surface area contributed by atoms with Crippen LogP contribution in [0.5, 0.6) is 0 Å². The van der Waals surface area contributed by atoms with Crippen molar-refractivity contribution in [1.82, 2.24) is 13.8 Å². The van der Waals surface area contributed by atoms with Gasteiger partial charge in [0, 0.05) is 45.2 Å². The number of benzene rings is 1. The molecule has 0 bridgehead atoms. The summed E-state index contributed by atoms with van der Waals surface area (Å²) in [6.45, 7) is 0.999. The molecule has 31 heavy (non-hydrogen) atoms. The van der Waals surface area contributed by atoms with Crippen molar-refractivity contribution in [3.63, 3.8) is 0 Å². The maximum atomic E-state index is 12.7. The van der Waals surface area contributed by atoms with E-state index >= 15 is 0 Å². The molecule has 2 aliphatic rings. The molecular weight excluding hydrogens is 446 g/mol. The van der Waals surface area contributed by atoms with E-state index in [1.807, 2.05) is 0 Å². The summed E-state index contributed by atoms with van der Waals surface area (Å²) in [6, 6.07) is 3.95. The smallest absolute Gasteiger partial charge is 0.408 e. The molecule has 0 aliphatic carbocycles. The number of sulfone groups is 1. The van der Waals surface area contributed by atoms with Gasteiger partial charge in [-0.25, -0.2) is 21.6 Å². The van der Waals surface area contributed by atoms with E-state index in [2.05, 4.69) is 0 Å². The number of aryl methyl sites for hydroxylation is 1. The number of hydrogen-bond donors (Lipinski definition) is 0. The van der Waals surface area contributed by atoms with E-state index in [-0.39, 0.29) is 46.9 Å². The van der Waals surface area contributed by atoms with E-state index in [4.69, 9.17) is 4.42 Å². The zero-order valence-electron chi connectivity index (χ0n) is 17.2. The van der Waals surface area contributed by atoms with Crippen LogP contribution in [0.3, 0.4) is 0 Å². The van der Waals surface area contributed by atoms with Gasteiger partial charge in [-0.3, -0.25) is 9.36 Å². The standard InChI is InChI=1S/C19H25N3O7S2/c1-20(14-7-11-30(25,26)13-14)18(23)6-10-22-16-5-4-15(12-17(16)29-19(22)24)31(27,28)21-8-2-3-9-21/h4-5,12,14H,2-3,6-11,13H2,1H3/t14-/m1/s1. The molecule has 0 radical (unpaired) electrons. The number of fused-ring (bicyclic) bond motifs is 1. The highest BCUT2D eigenvalue weighted by Crippen LogP contribution is 2.24. The number of nitrogens with zero attached hydrogens (tertiary/aromatic N) is 3. The molecule has 0 N–H and O–H groups in total. The molecule has 170 valence electrons. The number of oxazole rings is 1. The number of amides is 1. The maximum absolute atomic E-state index is 12.7. The third kappa shape index (κ3) is 4.28. The lowest BCUT2D eigenvalue weighted by atomic mass is 10.2. The van der Waals surface area contributed by atoms with Crippen LogP contribution in [0.15, 0.2) is 32.3 Å². The normalized spacial score (nSPS) is 21.6. The summed E-state index contributed by atoms with van der Waals surface area (Å²) in [4.78, 5) is 26.3. The lowest BCUT2D eigenvalue weighted by Gasteiger charge is -2.23. The van der Waals surface area contributed by atoms with Crippen molar-refractivity contribution in [2.24, 2.45) is 0 Å². The highest BCUT2D eigenvalue weighted by atomic mass is 32.2. The highest BCUT2D eigenvalue weighted by molar-refractivity contribution is 7.91. The second-order valence-electron chi connectivity index (χ2n) is 8.07. The minimum Gasteiger partial charge on any atom is -0.408 e. The molecule has 2 saturated heterocycles. The van der Waals surface area contributed by atoms with Crippen LogP contribution in [0, 0.1) is 0 Å². The minimum atomic E-state index is -3.64. The summed E-state index contributed by atoms with van der Waals surface area (Å²) >= 11 is 0. The Labute approximate surface area is 180 Å². The molecule has 10 nitrogen and oxygen atoms in total. The summed E-state index contributed by atoms with van der Waals surface area (Å²) in [5.74, 6) is -0.914. The quantitative estimate of drug-likeness (QED) is 0.597. The molecule has 3 heterocycles. The van der Waals surface area contributed by atoms with Gasteiger partial charge < -0.3 is 9.32 Å². The lowest BCUT2D eigenvalue weighted by Crippen LogP contribution is -2.38. The van der Waals surface area contributed by atoms with Crippen LogP contribution in [0.2, 0.25) is 0 Å². The van der Waals surface area contributed by atoms with Gasteiger partial charge in [-0.1, -0.05) is 0 Å². The lowest BCUT2D eigenvalue weighted by molar-refractivity contribution is -0.131. The molecule has 0 spiro atoms. The van der Waals surface area contributed by atoms with Gasteiger partial charge in [0.25, 0.3) is 0 Å². The van der Waals surface area contributed by atoms with Crippen LogP contribution < -0.4 is 5.76 Å². The molecular formula is C19H25N3O7S2. The fourth-order valence-corrected chi connectivity index (χ4v) is 7.47. The Kier molecular flexibility index (Phi) is 5.73. The zero-order valence-corrected chi connectivity index (χ0v) is 18.8. The molecule has 1 aromatic heterocycles. The molecule has 0 unspecified atom stereocenters. The molecule has 2 fully saturated rings. The minimum absolute atomic E-state index is 0.00455. The van der Waals surface area contributed by atoms with Crippen LogP contribution in [0.1, 0.15) is 25.7 Å². The molecule has 1 atom stereocenters. The number of carbonyl (C=O) groups excluding carboxylic acids is 1. The van der Waals surface area contributed by atoms with E-state index in [1.165, 1.54) is 32.0 Å². The predicted octanol–water partition coefficient (Wildman–Crippen LogP) is 0.415. The van der Waals surface area contributed by atoms with Gasteiger partial charge >= 0.3 is 5.76 Å². The van der Waals surface area contributed by atoms with E-state index in [1.54, 1.807) is 7.05 Å². The fraction of sp³-hybridized carbons (Fsp3) is 0.579. The summed E-state index contributed by atoms with van der Waals surface area (Å²) in [6.07, 6.45) is 2.05. The van der Waals surface area contributed by atoms with Gasteiger partial charge in [0.1, 0.15) is 0 Å². The van der Waals surface area contributed by atoms with E-state index in [0.717, 1.165) is 12.8 Å². The van der Waals surface area contributed by atoms with E-state index in [0.29, 0.717) is 25.0 Å². The van der Waals surface area contributed by atoms with Crippen molar-refractivity contribution in [3.8, 4) is 0 Å². The zero-order chi connectivity index (χ0) is 22.4. The number of hydrogen-bond acceptors (Lipinski definition) is 7. The summed E-state index contributed by atoms with van der Waals surface area (Å²) < 4.78 is 56.7. The Balaban J connectivity index is 1.50. The Bertz CT molecular complexity index is 1270. The summed E-state index contributed by atoms with van der Waals surface area (Å²) in [5, 5.41) is 0. The first kappa shape index (κ1) is 22.0. The van der Waals surface area contributed by atoms with Gasteiger partial charge in [0.05, 0.1) is 21.9 Å². The first-order valence-electron chi connectivity index (χ1n) is 10.2. The van der Waals surface area contributed by atoms with Crippen LogP contribution in [0.25, 0.3) is 11.1 Å². The molecule has 4 rings (SSSR count). The second kappa shape index (κ2) is 8.06. The first-order chi connectivity index (χ1) is 14.6. The number of rotatable bonds is 6. The first-order valence-corrected chi connectivity index (χ1v) is 13.4. The largest absolute Gasteiger partial charge is 0.419 e. The van der Waals surface area contributed by atoms with Crippen molar-refractivity contribution in [1.29, 1.82) is 0 Å². The second-order valence-corrected chi connectivity index (χ2v) is 12.2. The average molecular weight is 472 g/mol. The number of carbonyl (C=O) groups is 1. The number of sulfonamides is 1. The topological polar surface area (TPSA) is 127 Å². The Morgan fingerprint density at radius 1 is 1.26 bits per heavy atom. The van der Waals surface area contributed by atoms with Crippen LogP contribution in [-0.2, 0) is 31.2 Å².